The number of carbonyl (C=O) groups is 1. The van der Waals surface area contributed by atoms with Crippen LogP contribution in [0.3, 0.4) is 0 Å². The van der Waals surface area contributed by atoms with E-state index in [1.165, 1.54) is 12.1 Å². The van der Waals surface area contributed by atoms with Crippen LogP contribution in [0.15, 0.2) is 24.3 Å². The number of amides is 1. The summed E-state index contributed by atoms with van der Waals surface area (Å²) in [6.45, 7) is 0.682. The number of alkyl halides is 3. The quantitative estimate of drug-likeness (QED) is 0.775. The molecule has 106 valence electrons. The number of nitrogens with one attached hydrogen (secondary N) is 1. The molecule has 7 heteroatoms. The molecule has 0 fully saturated rings. The van der Waals surface area contributed by atoms with Gasteiger partial charge in [0.05, 0.1) is 5.56 Å². The molecule has 4 nitrogen and oxygen atoms in total. The second kappa shape index (κ2) is 6.98. The fourth-order valence-electron chi connectivity index (χ4n) is 1.27. The molecule has 0 spiro atoms. The van der Waals surface area contributed by atoms with Crippen molar-refractivity contribution in [2.75, 3.05) is 19.7 Å². The maximum atomic E-state index is 12.3. The van der Waals surface area contributed by atoms with Crippen molar-refractivity contribution in [3.8, 4) is 5.75 Å². The van der Waals surface area contributed by atoms with Crippen molar-refractivity contribution in [2.24, 2.45) is 5.73 Å². The van der Waals surface area contributed by atoms with E-state index < -0.39 is 11.7 Å². The highest BCUT2D eigenvalue weighted by Crippen LogP contribution is 2.30. The summed E-state index contributed by atoms with van der Waals surface area (Å²) in [5.74, 6) is -0.129. The van der Waals surface area contributed by atoms with E-state index in [9.17, 15) is 18.0 Å². The molecule has 0 atom stereocenters. The van der Waals surface area contributed by atoms with Gasteiger partial charge in [-0.25, -0.2) is 0 Å². The summed E-state index contributed by atoms with van der Waals surface area (Å²) in [6, 6.07) is 4.16. The summed E-state index contributed by atoms with van der Waals surface area (Å²) in [6.07, 6.45) is -3.72. The molecule has 0 aliphatic rings. The van der Waals surface area contributed by atoms with Crippen LogP contribution in [0.5, 0.6) is 5.75 Å². The lowest BCUT2D eigenvalue weighted by molar-refractivity contribution is -0.137. The number of rotatable bonds is 6. The third-order valence-electron chi connectivity index (χ3n) is 2.25. The van der Waals surface area contributed by atoms with Crippen molar-refractivity contribution >= 4 is 5.91 Å². The maximum absolute atomic E-state index is 12.3. The van der Waals surface area contributed by atoms with Gasteiger partial charge in [-0.15, -0.1) is 0 Å². The molecule has 1 amide bonds. The third-order valence-corrected chi connectivity index (χ3v) is 2.25. The van der Waals surface area contributed by atoms with Crippen LogP contribution < -0.4 is 15.8 Å². The molecular weight excluding hydrogens is 261 g/mol. The Bertz CT molecular complexity index is 404. The van der Waals surface area contributed by atoms with Gasteiger partial charge in [-0.3, -0.25) is 4.79 Å². The molecule has 0 saturated heterocycles. The normalized spacial score (nSPS) is 11.2. The molecule has 0 aromatic heterocycles. The van der Waals surface area contributed by atoms with E-state index in [1.54, 1.807) is 0 Å². The molecular formula is C12H15F3N2O2. The number of hydrogen-bond acceptors (Lipinski definition) is 3. The van der Waals surface area contributed by atoms with Gasteiger partial charge in [0.2, 0.25) is 0 Å². The van der Waals surface area contributed by atoms with Crippen molar-refractivity contribution in [1.82, 2.24) is 5.32 Å². The first kappa shape index (κ1) is 15.3. The summed E-state index contributed by atoms with van der Waals surface area (Å²) < 4.78 is 41.9. The van der Waals surface area contributed by atoms with Crippen molar-refractivity contribution in [2.45, 2.75) is 12.6 Å². The predicted molar refractivity (Wildman–Crippen MR) is 63.6 cm³/mol. The van der Waals surface area contributed by atoms with E-state index in [2.05, 4.69) is 5.32 Å². The number of ether oxygens (including phenoxy) is 1. The van der Waals surface area contributed by atoms with Gasteiger partial charge in [0, 0.05) is 6.54 Å². The van der Waals surface area contributed by atoms with Crippen LogP contribution in [0.4, 0.5) is 13.2 Å². The van der Waals surface area contributed by atoms with Crippen LogP contribution in [0.25, 0.3) is 0 Å². The van der Waals surface area contributed by atoms with E-state index in [0.717, 1.165) is 12.1 Å². The average molecular weight is 276 g/mol. The number of hydrogen-bond donors (Lipinski definition) is 2. The minimum Gasteiger partial charge on any atom is -0.484 e. The van der Waals surface area contributed by atoms with Crippen molar-refractivity contribution in [3.05, 3.63) is 29.8 Å². The van der Waals surface area contributed by atoms with Gasteiger partial charge in [-0.1, -0.05) is 0 Å². The van der Waals surface area contributed by atoms with E-state index in [4.69, 9.17) is 10.5 Å². The Morgan fingerprint density at radius 3 is 2.42 bits per heavy atom. The predicted octanol–water partition coefficient (Wildman–Crippen LogP) is 1.55. The summed E-state index contributed by atoms with van der Waals surface area (Å²) in [7, 11) is 0. The van der Waals surface area contributed by atoms with Crippen molar-refractivity contribution < 1.29 is 22.7 Å². The zero-order valence-electron chi connectivity index (χ0n) is 10.2. The molecule has 0 saturated carbocycles. The first-order chi connectivity index (χ1) is 8.93. The van der Waals surface area contributed by atoms with Gasteiger partial charge in [0.1, 0.15) is 5.75 Å². The Morgan fingerprint density at radius 2 is 1.89 bits per heavy atom. The zero-order valence-corrected chi connectivity index (χ0v) is 10.2. The van der Waals surface area contributed by atoms with E-state index in [0.29, 0.717) is 19.5 Å². The number of benzene rings is 1. The summed E-state index contributed by atoms with van der Waals surface area (Å²) in [5.41, 5.74) is 4.50. The Morgan fingerprint density at radius 1 is 1.26 bits per heavy atom. The van der Waals surface area contributed by atoms with E-state index in [-0.39, 0.29) is 18.3 Å². The molecule has 1 aromatic carbocycles. The highest BCUT2D eigenvalue weighted by Gasteiger charge is 2.29. The van der Waals surface area contributed by atoms with Crippen molar-refractivity contribution in [1.29, 1.82) is 0 Å². The molecule has 1 aromatic rings. The summed E-state index contributed by atoms with van der Waals surface area (Å²) in [4.78, 5) is 11.3. The van der Waals surface area contributed by atoms with Gasteiger partial charge in [0.25, 0.3) is 5.91 Å². The first-order valence-electron chi connectivity index (χ1n) is 5.70. The van der Waals surface area contributed by atoms with E-state index in [1.807, 2.05) is 0 Å². The number of carbonyl (C=O) groups excluding carboxylic acids is 1. The lowest BCUT2D eigenvalue weighted by atomic mass is 10.2. The van der Waals surface area contributed by atoms with Crippen LogP contribution in [0.2, 0.25) is 0 Å². The molecule has 19 heavy (non-hydrogen) atoms. The van der Waals surface area contributed by atoms with Gasteiger partial charge in [-0.05, 0) is 37.2 Å². The highest BCUT2D eigenvalue weighted by molar-refractivity contribution is 5.77. The molecule has 1 rings (SSSR count). The van der Waals surface area contributed by atoms with Crippen LogP contribution in [0.1, 0.15) is 12.0 Å². The molecule has 3 N–H and O–H groups in total. The van der Waals surface area contributed by atoms with Crippen LogP contribution in [-0.4, -0.2) is 25.6 Å². The fourth-order valence-corrected chi connectivity index (χ4v) is 1.27. The first-order valence-corrected chi connectivity index (χ1v) is 5.70. The van der Waals surface area contributed by atoms with Gasteiger partial charge in [0.15, 0.2) is 6.61 Å². The maximum Gasteiger partial charge on any atom is 0.416 e. The SMILES string of the molecule is NCCCNC(=O)COc1ccc(C(F)(F)F)cc1. The largest absolute Gasteiger partial charge is 0.484 e. The Kier molecular flexibility index (Phi) is 5.62. The van der Waals surface area contributed by atoms with Crippen LogP contribution in [-0.2, 0) is 11.0 Å². The second-order valence-corrected chi connectivity index (χ2v) is 3.80. The smallest absolute Gasteiger partial charge is 0.416 e. The van der Waals surface area contributed by atoms with Crippen LogP contribution in [0, 0.1) is 0 Å². The lowest BCUT2D eigenvalue weighted by Gasteiger charge is -2.09. The topological polar surface area (TPSA) is 64.3 Å². The molecule has 0 unspecified atom stereocenters. The van der Waals surface area contributed by atoms with Crippen molar-refractivity contribution in [3.63, 3.8) is 0 Å². The Hall–Kier alpha value is -1.76. The monoisotopic (exact) mass is 276 g/mol. The summed E-state index contributed by atoms with van der Waals surface area (Å²) >= 11 is 0. The zero-order chi connectivity index (χ0) is 14.3. The molecule has 0 radical (unpaired) electrons. The Labute approximate surface area is 108 Å². The number of nitrogens with two attached hydrogens (primary N) is 1. The fraction of sp³-hybridized carbons (Fsp3) is 0.417. The van der Waals surface area contributed by atoms with Gasteiger partial charge in [-0.2, -0.15) is 13.2 Å². The minimum absolute atomic E-state index is 0.210. The molecule has 0 bridgehead atoms. The molecule has 0 aliphatic carbocycles. The van der Waals surface area contributed by atoms with E-state index >= 15 is 0 Å². The molecule has 0 aliphatic heterocycles. The van der Waals surface area contributed by atoms with Gasteiger partial charge >= 0.3 is 6.18 Å². The van der Waals surface area contributed by atoms with Gasteiger partial charge < -0.3 is 15.8 Å². The molecule has 0 heterocycles. The Balaban J connectivity index is 2.40. The minimum atomic E-state index is -4.38. The lowest BCUT2D eigenvalue weighted by Crippen LogP contribution is -2.30. The van der Waals surface area contributed by atoms with Crippen LogP contribution >= 0.6 is 0 Å². The number of halogens is 3. The average Bonchev–Trinajstić information content (AvgIpc) is 2.36. The highest BCUT2D eigenvalue weighted by atomic mass is 19.4. The second-order valence-electron chi connectivity index (χ2n) is 3.80. The standard InChI is InChI=1S/C12H15F3N2O2/c13-12(14,15)9-2-4-10(5-3-9)19-8-11(18)17-7-1-6-16/h2-5H,1,6-8,16H2,(H,17,18). The summed E-state index contributed by atoms with van der Waals surface area (Å²) in [5, 5.41) is 2.57. The third kappa shape index (κ3) is 5.60.